The zero-order valence-corrected chi connectivity index (χ0v) is 18.4. The second-order valence-electron chi connectivity index (χ2n) is 6.68. The molecular weight excluding hydrogens is 434 g/mol. The van der Waals surface area contributed by atoms with E-state index in [2.05, 4.69) is 26.9 Å². The first-order valence-corrected chi connectivity index (χ1v) is 10.9. The average Bonchev–Trinajstić information content (AvgIpc) is 3.39. The van der Waals surface area contributed by atoms with E-state index in [-0.39, 0.29) is 0 Å². The molecule has 4 rings (SSSR count). The highest BCUT2D eigenvalue weighted by atomic mass is 35.5. The standard InChI is InChI=1S/C22H20ClN5O2S/c1-3-11-28-19(13-29-16-8-6-7-15(2)12-16)25-26-22(28)31-14-20-24-21(27-30-20)17-9-4-5-10-18(17)23/h3-10,12H,1,11,13-14H2,2H3. The molecule has 0 spiro atoms. The molecule has 7 nitrogen and oxygen atoms in total. The normalized spacial score (nSPS) is 10.9. The lowest BCUT2D eigenvalue weighted by molar-refractivity contribution is 0.289. The van der Waals surface area contributed by atoms with Crippen LogP contribution in [0.3, 0.4) is 0 Å². The summed E-state index contributed by atoms with van der Waals surface area (Å²) in [6.45, 7) is 6.73. The van der Waals surface area contributed by atoms with Gasteiger partial charge in [-0.1, -0.05) is 58.9 Å². The van der Waals surface area contributed by atoms with Crippen LogP contribution in [-0.2, 0) is 18.9 Å². The van der Waals surface area contributed by atoms with Gasteiger partial charge >= 0.3 is 0 Å². The molecule has 2 aromatic carbocycles. The Kier molecular flexibility index (Phi) is 6.69. The number of ether oxygens (including phenoxy) is 1. The number of hydrogen-bond acceptors (Lipinski definition) is 7. The fourth-order valence-corrected chi connectivity index (χ4v) is 3.91. The molecule has 0 saturated heterocycles. The Hall–Kier alpha value is -3.10. The van der Waals surface area contributed by atoms with E-state index in [0.717, 1.165) is 22.0 Å². The highest BCUT2D eigenvalue weighted by molar-refractivity contribution is 7.98. The quantitative estimate of drug-likeness (QED) is 0.249. The lowest BCUT2D eigenvalue weighted by atomic mass is 10.2. The van der Waals surface area contributed by atoms with Gasteiger partial charge in [-0.15, -0.1) is 16.8 Å². The van der Waals surface area contributed by atoms with Crippen molar-refractivity contribution in [3.8, 4) is 17.1 Å². The molecule has 4 aromatic rings. The molecule has 0 atom stereocenters. The number of aryl methyl sites for hydroxylation is 1. The highest BCUT2D eigenvalue weighted by Gasteiger charge is 2.16. The van der Waals surface area contributed by atoms with E-state index in [0.29, 0.717) is 41.5 Å². The van der Waals surface area contributed by atoms with Crippen LogP contribution in [0.1, 0.15) is 17.3 Å². The molecule has 9 heteroatoms. The van der Waals surface area contributed by atoms with Crippen LogP contribution in [0.4, 0.5) is 0 Å². The maximum atomic E-state index is 6.21. The maximum Gasteiger partial charge on any atom is 0.237 e. The van der Waals surface area contributed by atoms with Crippen LogP contribution in [0.5, 0.6) is 5.75 Å². The molecule has 158 valence electrons. The summed E-state index contributed by atoms with van der Waals surface area (Å²) in [5, 5.41) is 13.9. The molecule has 0 fully saturated rings. The predicted octanol–water partition coefficient (Wildman–Crippen LogP) is 5.35. The number of allylic oxidation sites excluding steroid dienone is 1. The lowest BCUT2D eigenvalue weighted by Crippen LogP contribution is -2.07. The van der Waals surface area contributed by atoms with Gasteiger partial charge in [0.05, 0.1) is 10.8 Å². The fourth-order valence-electron chi connectivity index (χ4n) is 2.89. The van der Waals surface area contributed by atoms with Crippen molar-refractivity contribution in [3.05, 3.63) is 83.5 Å². The molecule has 0 N–H and O–H groups in total. The van der Waals surface area contributed by atoms with Gasteiger partial charge in [-0.25, -0.2) is 0 Å². The molecule has 0 aliphatic rings. The highest BCUT2D eigenvalue weighted by Crippen LogP contribution is 2.27. The predicted molar refractivity (Wildman–Crippen MR) is 120 cm³/mol. The van der Waals surface area contributed by atoms with Crippen molar-refractivity contribution in [1.82, 2.24) is 24.9 Å². The number of halogens is 1. The van der Waals surface area contributed by atoms with Crippen LogP contribution in [0, 0.1) is 6.92 Å². The first kappa shape index (κ1) is 21.1. The van der Waals surface area contributed by atoms with E-state index in [1.165, 1.54) is 11.8 Å². The van der Waals surface area contributed by atoms with Gasteiger partial charge in [0.15, 0.2) is 11.0 Å². The molecule has 0 aliphatic heterocycles. The molecule has 2 heterocycles. The first-order chi connectivity index (χ1) is 15.1. The Labute approximate surface area is 189 Å². The lowest BCUT2D eigenvalue weighted by Gasteiger charge is -2.09. The number of rotatable bonds is 9. The minimum atomic E-state index is 0.308. The summed E-state index contributed by atoms with van der Waals surface area (Å²) in [5.74, 6) is 2.89. The van der Waals surface area contributed by atoms with Crippen LogP contribution in [0.2, 0.25) is 5.02 Å². The molecular formula is C22H20ClN5O2S. The van der Waals surface area contributed by atoms with Crippen molar-refractivity contribution < 1.29 is 9.26 Å². The zero-order chi connectivity index (χ0) is 21.6. The molecule has 0 bridgehead atoms. The van der Waals surface area contributed by atoms with Gasteiger partial charge in [0, 0.05) is 12.1 Å². The Morgan fingerprint density at radius 1 is 1.19 bits per heavy atom. The molecule has 0 saturated carbocycles. The van der Waals surface area contributed by atoms with Crippen molar-refractivity contribution in [2.45, 2.75) is 31.0 Å². The second-order valence-corrected chi connectivity index (χ2v) is 8.03. The molecule has 0 amide bonds. The van der Waals surface area contributed by atoms with Crippen molar-refractivity contribution in [3.63, 3.8) is 0 Å². The minimum absolute atomic E-state index is 0.308. The first-order valence-electron chi connectivity index (χ1n) is 9.57. The molecule has 0 unspecified atom stereocenters. The monoisotopic (exact) mass is 453 g/mol. The van der Waals surface area contributed by atoms with Gasteiger partial charge in [-0.3, -0.25) is 4.57 Å². The third kappa shape index (κ3) is 5.15. The number of thioether (sulfide) groups is 1. The van der Waals surface area contributed by atoms with Crippen LogP contribution in [0.15, 0.2) is 70.9 Å². The molecule has 0 radical (unpaired) electrons. The van der Waals surface area contributed by atoms with Crippen LogP contribution in [0.25, 0.3) is 11.4 Å². The Morgan fingerprint density at radius 3 is 2.87 bits per heavy atom. The smallest absolute Gasteiger partial charge is 0.237 e. The third-order valence-corrected chi connectivity index (χ3v) is 5.65. The van der Waals surface area contributed by atoms with Gasteiger partial charge in [-0.05, 0) is 36.8 Å². The zero-order valence-electron chi connectivity index (χ0n) is 16.9. The summed E-state index contributed by atoms with van der Waals surface area (Å²) in [7, 11) is 0. The second kappa shape index (κ2) is 9.80. The van der Waals surface area contributed by atoms with E-state index >= 15 is 0 Å². The van der Waals surface area contributed by atoms with Gasteiger partial charge in [-0.2, -0.15) is 4.98 Å². The van der Waals surface area contributed by atoms with E-state index in [9.17, 15) is 0 Å². The van der Waals surface area contributed by atoms with Crippen molar-refractivity contribution in [2.75, 3.05) is 0 Å². The average molecular weight is 454 g/mol. The number of benzene rings is 2. The van der Waals surface area contributed by atoms with Crippen molar-refractivity contribution in [2.24, 2.45) is 0 Å². The number of nitrogens with zero attached hydrogens (tertiary/aromatic N) is 5. The number of aromatic nitrogens is 5. The summed E-state index contributed by atoms with van der Waals surface area (Å²) in [6, 6.07) is 15.3. The van der Waals surface area contributed by atoms with E-state index in [4.69, 9.17) is 20.9 Å². The van der Waals surface area contributed by atoms with Crippen molar-refractivity contribution >= 4 is 23.4 Å². The van der Waals surface area contributed by atoms with E-state index in [1.54, 1.807) is 12.1 Å². The Balaban J connectivity index is 1.44. The van der Waals surface area contributed by atoms with Crippen LogP contribution >= 0.6 is 23.4 Å². The van der Waals surface area contributed by atoms with Gasteiger partial charge < -0.3 is 9.26 Å². The van der Waals surface area contributed by atoms with E-state index < -0.39 is 0 Å². The minimum Gasteiger partial charge on any atom is -0.486 e. The molecule has 31 heavy (non-hydrogen) atoms. The largest absolute Gasteiger partial charge is 0.486 e. The maximum absolute atomic E-state index is 6.21. The Morgan fingerprint density at radius 2 is 2.06 bits per heavy atom. The van der Waals surface area contributed by atoms with E-state index in [1.807, 2.05) is 54.0 Å². The fraction of sp³-hybridized carbons (Fsp3) is 0.182. The summed E-state index contributed by atoms with van der Waals surface area (Å²) < 4.78 is 13.2. The van der Waals surface area contributed by atoms with Gasteiger partial charge in [0.1, 0.15) is 12.4 Å². The van der Waals surface area contributed by atoms with Crippen LogP contribution < -0.4 is 4.74 Å². The SMILES string of the molecule is C=CCn1c(COc2cccc(C)c2)nnc1SCc1nc(-c2ccccc2Cl)no1. The third-order valence-electron chi connectivity index (χ3n) is 4.37. The molecule has 2 aromatic heterocycles. The summed E-state index contributed by atoms with van der Waals surface area (Å²) in [5.41, 5.74) is 1.87. The molecule has 0 aliphatic carbocycles. The van der Waals surface area contributed by atoms with Crippen molar-refractivity contribution in [1.29, 1.82) is 0 Å². The Bertz CT molecular complexity index is 1190. The summed E-state index contributed by atoms with van der Waals surface area (Å²) >= 11 is 7.67. The summed E-state index contributed by atoms with van der Waals surface area (Å²) in [6.07, 6.45) is 1.80. The number of hydrogen-bond donors (Lipinski definition) is 0. The van der Waals surface area contributed by atoms with Gasteiger partial charge in [0.25, 0.3) is 0 Å². The van der Waals surface area contributed by atoms with Gasteiger partial charge in [0.2, 0.25) is 11.7 Å². The topological polar surface area (TPSA) is 78.9 Å². The summed E-state index contributed by atoms with van der Waals surface area (Å²) in [4.78, 5) is 4.44. The van der Waals surface area contributed by atoms with Crippen LogP contribution in [-0.4, -0.2) is 24.9 Å².